The maximum Gasteiger partial charge on any atom is 0.323 e. The third-order valence-electron chi connectivity index (χ3n) is 3.31. The van der Waals surface area contributed by atoms with Gasteiger partial charge in [0, 0.05) is 7.11 Å². The molecule has 0 saturated carbocycles. The van der Waals surface area contributed by atoms with Crippen molar-refractivity contribution < 1.29 is 14.3 Å². The highest BCUT2D eigenvalue weighted by molar-refractivity contribution is 5.75. The van der Waals surface area contributed by atoms with Crippen molar-refractivity contribution in [1.29, 1.82) is 0 Å². The van der Waals surface area contributed by atoms with Gasteiger partial charge in [0.05, 0.1) is 12.7 Å². The summed E-state index contributed by atoms with van der Waals surface area (Å²) in [6.45, 7) is 8.93. The lowest BCUT2D eigenvalue weighted by Crippen LogP contribution is -2.44. The Balaban J connectivity index is 4.23. The molecule has 0 aliphatic heterocycles. The third kappa shape index (κ3) is 6.03. The maximum absolute atomic E-state index is 11.6. The Labute approximate surface area is 105 Å². The fraction of sp³-hybridized carbons (Fsp3) is 0.923. The van der Waals surface area contributed by atoms with Crippen LogP contribution < -0.4 is 5.32 Å². The van der Waals surface area contributed by atoms with Gasteiger partial charge in [0.1, 0.15) is 6.04 Å². The fourth-order valence-electron chi connectivity index (χ4n) is 1.51. The summed E-state index contributed by atoms with van der Waals surface area (Å²) in [6, 6.07) is -0.224. The molecule has 0 spiro atoms. The predicted molar refractivity (Wildman–Crippen MR) is 69.0 cm³/mol. The molecule has 0 heterocycles. The molecule has 0 aliphatic carbocycles. The van der Waals surface area contributed by atoms with Crippen molar-refractivity contribution in [2.24, 2.45) is 5.92 Å². The monoisotopic (exact) mass is 245 g/mol. The van der Waals surface area contributed by atoms with Crippen LogP contribution in [-0.2, 0) is 14.3 Å². The summed E-state index contributed by atoms with van der Waals surface area (Å²) in [5.41, 5.74) is -0.164. The van der Waals surface area contributed by atoms with Crippen LogP contribution in [0.3, 0.4) is 0 Å². The van der Waals surface area contributed by atoms with Crippen LogP contribution in [0.15, 0.2) is 0 Å². The lowest BCUT2D eigenvalue weighted by atomic mass is 9.98. The van der Waals surface area contributed by atoms with Crippen molar-refractivity contribution >= 4 is 5.97 Å². The van der Waals surface area contributed by atoms with Crippen molar-refractivity contribution in [1.82, 2.24) is 5.32 Å². The molecule has 0 aromatic rings. The second-order valence-corrected chi connectivity index (χ2v) is 5.05. The van der Waals surface area contributed by atoms with Crippen molar-refractivity contribution in [2.45, 2.75) is 52.2 Å². The van der Waals surface area contributed by atoms with E-state index in [2.05, 4.69) is 19.2 Å². The Morgan fingerprint density at radius 1 is 1.35 bits per heavy atom. The number of methoxy groups -OCH3 is 2. The number of carbonyl (C=O) groups excluding carboxylic acids is 1. The van der Waals surface area contributed by atoms with Gasteiger partial charge in [-0.05, 0) is 32.7 Å². The lowest BCUT2D eigenvalue weighted by molar-refractivity contribution is -0.144. The van der Waals surface area contributed by atoms with Gasteiger partial charge in [-0.2, -0.15) is 0 Å². The van der Waals surface area contributed by atoms with Gasteiger partial charge < -0.3 is 14.8 Å². The number of rotatable bonds is 8. The molecule has 4 nitrogen and oxygen atoms in total. The average Bonchev–Trinajstić information content (AvgIpc) is 2.32. The summed E-state index contributed by atoms with van der Waals surface area (Å²) in [7, 11) is 3.13. The Hall–Kier alpha value is -0.610. The SMILES string of the molecule is CCC(C)C(NCCC(C)(C)OC)C(=O)OC. The van der Waals surface area contributed by atoms with Crippen molar-refractivity contribution in [3.63, 3.8) is 0 Å². The minimum Gasteiger partial charge on any atom is -0.468 e. The lowest BCUT2D eigenvalue weighted by Gasteiger charge is -2.26. The zero-order chi connectivity index (χ0) is 13.5. The Bertz CT molecular complexity index is 229. The van der Waals surface area contributed by atoms with Gasteiger partial charge >= 0.3 is 5.97 Å². The first kappa shape index (κ1) is 16.4. The quantitative estimate of drug-likeness (QED) is 0.664. The largest absolute Gasteiger partial charge is 0.468 e. The second kappa shape index (κ2) is 7.67. The van der Waals surface area contributed by atoms with E-state index < -0.39 is 0 Å². The van der Waals surface area contributed by atoms with Crippen molar-refractivity contribution in [2.75, 3.05) is 20.8 Å². The van der Waals surface area contributed by atoms with E-state index in [4.69, 9.17) is 9.47 Å². The normalized spacial score (nSPS) is 15.4. The fourth-order valence-corrected chi connectivity index (χ4v) is 1.51. The van der Waals surface area contributed by atoms with Crippen LogP contribution in [0.4, 0.5) is 0 Å². The smallest absolute Gasteiger partial charge is 0.323 e. The molecule has 17 heavy (non-hydrogen) atoms. The molecule has 0 aromatic carbocycles. The van der Waals surface area contributed by atoms with Gasteiger partial charge in [0.25, 0.3) is 0 Å². The molecule has 0 fully saturated rings. The van der Waals surface area contributed by atoms with E-state index in [9.17, 15) is 4.79 Å². The summed E-state index contributed by atoms with van der Waals surface area (Å²) >= 11 is 0. The van der Waals surface area contributed by atoms with Gasteiger partial charge in [-0.3, -0.25) is 4.79 Å². The van der Waals surface area contributed by atoms with E-state index in [1.54, 1.807) is 7.11 Å². The van der Waals surface area contributed by atoms with Crippen molar-refractivity contribution in [3.8, 4) is 0 Å². The number of esters is 1. The van der Waals surface area contributed by atoms with E-state index in [1.807, 2.05) is 13.8 Å². The predicted octanol–water partition coefficient (Wildman–Crippen LogP) is 1.98. The number of hydrogen-bond acceptors (Lipinski definition) is 4. The van der Waals surface area contributed by atoms with Crippen LogP contribution in [-0.4, -0.2) is 38.4 Å². The molecule has 0 radical (unpaired) electrons. The van der Waals surface area contributed by atoms with E-state index in [-0.39, 0.29) is 23.5 Å². The second-order valence-electron chi connectivity index (χ2n) is 5.05. The van der Waals surface area contributed by atoms with Gasteiger partial charge in [-0.1, -0.05) is 20.3 Å². The van der Waals surface area contributed by atoms with Crippen LogP contribution in [0, 0.1) is 5.92 Å². The molecular weight excluding hydrogens is 218 g/mol. The summed E-state index contributed by atoms with van der Waals surface area (Å²) in [5, 5.41) is 3.26. The van der Waals surface area contributed by atoms with Crippen LogP contribution in [0.25, 0.3) is 0 Å². The zero-order valence-corrected chi connectivity index (χ0v) is 12.0. The molecule has 0 amide bonds. The molecule has 102 valence electrons. The minimum absolute atomic E-state index is 0.164. The highest BCUT2D eigenvalue weighted by atomic mass is 16.5. The summed E-state index contributed by atoms with van der Waals surface area (Å²) in [5.74, 6) is 0.0858. The number of nitrogens with one attached hydrogen (secondary N) is 1. The summed E-state index contributed by atoms with van der Waals surface area (Å²) in [6.07, 6.45) is 1.80. The van der Waals surface area contributed by atoms with Crippen LogP contribution in [0.1, 0.15) is 40.5 Å². The molecule has 2 unspecified atom stereocenters. The number of carbonyl (C=O) groups is 1. The third-order valence-corrected chi connectivity index (χ3v) is 3.31. The summed E-state index contributed by atoms with van der Waals surface area (Å²) in [4.78, 5) is 11.6. The molecule has 0 aliphatic rings. The highest BCUT2D eigenvalue weighted by Crippen LogP contribution is 2.13. The van der Waals surface area contributed by atoms with E-state index in [0.29, 0.717) is 0 Å². The van der Waals surface area contributed by atoms with Crippen LogP contribution in [0.5, 0.6) is 0 Å². The molecule has 4 heteroatoms. The van der Waals surface area contributed by atoms with Gasteiger partial charge in [-0.15, -0.1) is 0 Å². The first-order valence-corrected chi connectivity index (χ1v) is 6.24. The first-order chi connectivity index (χ1) is 7.87. The Morgan fingerprint density at radius 2 is 1.94 bits per heavy atom. The molecule has 0 bridgehead atoms. The van der Waals surface area contributed by atoms with Gasteiger partial charge in [-0.25, -0.2) is 0 Å². The Kier molecular flexibility index (Phi) is 7.39. The van der Waals surface area contributed by atoms with Gasteiger partial charge in [0.15, 0.2) is 0 Å². The molecule has 2 atom stereocenters. The van der Waals surface area contributed by atoms with E-state index in [1.165, 1.54) is 7.11 Å². The summed E-state index contributed by atoms with van der Waals surface area (Å²) < 4.78 is 10.1. The molecule has 0 saturated heterocycles. The zero-order valence-electron chi connectivity index (χ0n) is 12.0. The van der Waals surface area contributed by atoms with Crippen molar-refractivity contribution in [3.05, 3.63) is 0 Å². The standard InChI is InChI=1S/C13H27NO3/c1-7-10(2)11(12(15)16-5)14-9-8-13(3,4)17-6/h10-11,14H,7-9H2,1-6H3. The highest BCUT2D eigenvalue weighted by Gasteiger charge is 2.25. The van der Waals surface area contributed by atoms with Gasteiger partial charge in [0.2, 0.25) is 0 Å². The average molecular weight is 245 g/mol. The first-order valence-electron chi connectivity index (χ1n) is 6.24. The van der Waals surface area contributed by atoms with Crippen LogP contribution >= 0.6 is 0 Å². The van der Waals surface area contributed by atoms with Crippen LogP contribution in [0.2, 0.25) is 0 Å². The molecular formula is C13H27NO3. The minimum atomic E-state index is -0.224. The topological polar surface area (TPSA) is 47.6 Å². The number of hydrogen-bond donors (Lipinski definition) is 1. The number of ether oxygens (including phenoxy) is 2. The van der Waals surface area contributed by atoms with E-state index >= 15 is 0 Å². The molecule has 0 rings (SSSR count). The maximum atomic E-state index is 11.6. The van der Waals surface area contributed by atoms with E-state index in [0.717, 1.165) is 19.4 Å². The Morgan fingerprint density at radius 3 is 2.35 bits per heavy atom. The molecule has 1 N–H and O–H groups in total. The molecule has 0 aromatic heterocycles.